The van der Waals surface area contributed by atoms with E-state index in [1.807, 2.05) is 18.7 Å². The van der Waals surface area contributed by atoms with Crippen LogP contribution >= 0.6 is 23.2 Å². The number of amides is 2. The highest BCUT2D eigenvalue weighted by Gasteiger charge is 2.32. The first-order valence-corrected chi connectivity index (χ1v) is 13.7. The molecule has 2 amide bonds. The molecule has 3 N–H and O–H groups in total. The number of aromatic nitrogens is 1. The van der Waals surface area contributed by atoms with Crippen LogP contribution in [0.15, 0.2) is 24.4 Å². The number of ether oxygens (including phenoxy) is 1. The molecule has 0 radical (unpaired) electrons. The highest BCUT2D eigenvalue weighted by atomic mass is 35.5. The van der Waals surface area contributed by atoms with Crippen LogP contribution in [0.5, 0.6) is 5.75 Å². The second-order valence-electron chi connectivity index (χ2n) is 10.4. The topological polar surface area (TPSA) is 83.7 Å². The zero-order valence-corrected chi connectivity index (χ0v) is 23.5. The van der Waals surface area contributed by atoms with Gasteiger partial charge in [-0.15, -0.1) is 0 Å². The van der Waals surface area contributed by atoms with Gasteiger partial charge in [0, 0.05) is 42.5 Å². The SMILES string of the molecule is CC(Oc1cc(C#CC(C)(C)NC(=O)N2CCC[C@H]2CN2CCCC2)cnc1N)c1ccc(Cl)c(F)c1Cl. The maximum absolute atomic E-state index is 14.1. The number of nitrogens with zero attached hydrogens (tertiary/aromatic N) is 3. The molecule has 2 aromatic rings. The van der Waals surface area contributed by atoms with Crippen molar-refractivity contribution in [3.05, 3.63) is 51.4 Å². The molecular formula is C28H34Cl2FN5O2. The summed E-state index contributed by atoms with van der Waals surface area (Å²) in [5, 5.41) is 2.91. The molecule has 38 heavy (non-hydrogen) atoms. The van der Waals surface area contributed by atoms with Crippen molar-refractivity contribution >= 4 is 35.1 Å². The Labute approximate surface area is 233 Å². The van der Waals surface area contributed by atoms with E-state index in [0.29, 0.717) is 16.9 Å². The third kappa shape index (κ3) is 6.82. The molecule has 0 aliphatic carbocycles. The highest BCUT2D eigenvalue weighted by molar-refractivity contribution is 6.35. The van der Waals surface area contributed by atoms with Crippen molar-refractivity contribution < 1.29 is 13.9 Å². The molecule has 7 nitrogen and oxygen atoms in total. The predicted octanol–water partition coefficient (Wildman–Crippen LogP) is 5.65. The van der Waals surface area contributed by atoms with Crippen molar-refractivity contribution in [3.63, 3.8) is 0 Å². The molecule has 0 bridgehead atoms. The monoisotopic (exact) mass is 561 g/mol. The van der Waals surface area contributed by atoms with E-state index in [2.05, 4.69) is 27.0 Å². The predicted molar refractivity (Wildman–Crippen MR) is 149 cm³/mol. The van der Waals surface area contributed by atoms with E-state index < -0.39 is 17.5 Å². The van der Waals surface area contributed by atoms with Crippen molar-refractivity contribution in [2.45, 2.75) is 64.1 Å². The van der Waals surface area contributed by atoms with Crippen LogP contribution in [0.4, 0.5) is 15.0 Å². The molecule has 2 saturated heterocycles. The molecule has 2 atom stereocenters. The number of nitrogen functional groups attached to an aromatic ring is 1. The summed E-state index contributed by atoms with van der Waals surface area (Å²) in [5.41, 5.74) is 6.23. The van der Waals surface area contributed by atoms with Crippen molar-refractivity contribution in [2.24, 2.45) is 0 Å². The molecule has 204 valence electrons. The van der Waals surface area contributed by atoms with E-state index in [-0.39, 0.29) is 27.9 Å². The Balaban J connectivity index is 1.42. The molecule has 3 heterocycles. The second kappa shape index (κ2) is 12.0. The highest BCUT2D eigenvalue weighted by Crippen LogP contribution is 2.34. The number of rotatable bonds is 6. The van der Waals surface area contributed by atoms with Crippen molar-refractivity contribution in [3.8, 4) is 17.6 Å². The molecule has 10 heteroatoms. The van der Waals surface area contributed by atoms with Gasteiger partial charge < -0.3 is 25.6 Å². The molecule has 0 saturated carbocycles. The zero-order chi connectivity index (χ0) is 27.4. The van der Waals surface area contributed by atoms with E-state index in [1.54, 1.807) is 25.3 Å². The van der Waals surface area contributed by atoms with Crippen LogP contribution in [0, 0.1) is 17.7 Å². The van der Waals surface area contributed by atoms with Gasteiger partial charge in [-0.3, -0.25) is 0 Å². The van der Waals surface area contributed by atoms with Gasteiger partial charge in [-0.25, -0.2) is 14.2 Å². The van der Waals surface area contributed by atoms with E-state index in [1.165, 1.54) is 18.9 Å². The number of likely N-dealkylation sites (tertiary alicyclic amines) is 2. The van der Waals surface area contributed by atoms with E-state index in [4.69, 9.17) is 33.7 Å². The third-order valence-electron chi connectivity index (χ3n) is 6.93. The lowest BCUT2D eigenvalue weighted by atomic mass is 10.1. The first kappa shape index (κ1) is 28.3. The molecule has 1 aromatic heterocycles. The van der Waals surface area contributed by atoms with Crippen LogP contribution < -0.4 is 15.8 Å². The van der Waals surface area contributed by atoms with Gasteiger partial charge in [0.25, 0.3) is 0 Å². The molecule has 2 aliphatic heterocycles. The maximum Gasteiger partial charge on any atom is 0.318 e. The van der Waals surface area contributed by atoms with Crippen LogP contribution in [0.2, 0.25) is 10.0 Å². The first-order valence-electron chi connectivity index (χ1n) is 12.9. The number of pyridine rings is 1. The fourth-order valence-corrected chi connectivity index (χ4v) is 5.41. The number of hydrogen-bond acceptors (Lipinski definition) is 5. The van der Waals surface area contributed by atoms with Crippen LogP contribution in [-0.4, -0.2) is 58.6 Å². The molecule has 4 rings (SSSR count). The summed E-state index contributed by atoms with van der Waals surface area (Å²) >= 11 is 11.9. The van der Waals surface area contributed by atoms with Gasteiger partial charge in [0.1, 0.15) is 6.10 Å². The number of carbonyl (C=O) groups excluding carboxylic acids is 1. The van der Waals surface area contributed by atoms with E-state index >= 15 is 0 Å². The number of nitrogens with two attached hydrogens (primary N) is 1. The number of hydrogen-bond donors (Lipinski definition) is 2. The Hall–Kier alpha value is -2.73. The summed E-state index contributed by atoms with van der Waals surface area (Å²) in [7, 11) is 0. The fraction of sp³-hybridized carbons (Fsp3) is 0.500. The Morgan fingerprint density at radius 2 is 2.03 bits per heavy atom. The molecule has 1 aromatic carbocycles. The lowest BCUT2D eigenvalue weighted by Crippen LogP contribution is -2.52. The summed E-state index contributed by atoms with van der Waals surface area (Å²) in [4.78, 5) is 21.7. The minimum absolute atomic E-state index is 0.0639. The van der Waals surface area contributed by atoms with Crippen LogP contribution in [0.3, 0.4) is 0 Å². The molecule has 1 unspecified atom stereocenters. The molecule has 0 spiro atoms. The van der Waals surface area contributed by atoms with Gasteiger partial charge in [-0.1, -0.05) is 41.1 Å². The van der Waals surface area contributed by atoms with Gasteiger partial charge in [-0.2, -0.15) is 0 Å². The quantitative estimate of drug-likeness (QED) is 0.351. The van der Waals surface area contributed by atoms with Crippen molar-refractivity contribution in [2.75, 3.05) is 31.9 Å². The van der Waals surface area contributed by atoms with Crippen LogP contribution in [0.25, 0.3) is 0 Å². The normalized spacial score (nSPS) is 18.7. The van der Waals surface area contributed by atoms with Gasteiger partial charge in [-0.05, 0) is 65.6 Å². The number of carbonyl (C=O) groups is 1. The number of halogens is 3. The summed E-state index contributed by atoms with van der Waals surface area (Å²) in [6, 6.07) is 4.84. The van der Waals surface area contributed by atoms with Crippen molar-refractivity contribution in [1.82, 2.24) is 20.1 Å². The summed E-state index contributed by atoms with van der Waals surface area (Å²) in [6.07, 6.45) is 5.44. The Bertz CT molecular complexity index is 1240. The Morgan fingerprint density at radius 1 is 1.29 bits per heavy atom. The number of benzene rings is 1. The average molecular weight is 563 g/mol. The third-order valence-corrected chi connectivity index (χ3v) is 7.61. The summed E-state index contributed by atoms with van der Waals surface area (Å²) < 4.78 is 20.1. The zero-order valence-electron chi connectivity index (χ0n) is 22.0. The number of anilines is 1. The van der Waals surface area contributed by atoms with Gasteiger partial charge in [0.2, 0.25) is 0 Å². The summed E-state index contributed by atoms with van der Waals surface area (Å²) in [6.45, 7) is 9.39. The standard InChI is InChI=1S/C28H34Cl2FN5O2/c1-18(21-8-9-22(29)25(31)24(21)30)38-23-15-19(16-33-26(23)32)10-11-28(2,3)34-27(37)36-14-6-7-20(36)17-35-12-4-5-13-35/h8-9,15-16,18,20H,4-7,12-14,17H2,1-3H3,(H2,32,33)(H,34,37)/t18?,20-/m0/s1. The van der Waals surface area contributed by atoms with Crippen LogP contribution in [-0.2, 0) is 0 Å². The minimum Gasteiger partial charge on any atom is -0.482 e. The summed E-state index contributed by atoms with van der Waals surface area (Å²) in [5.74, 6) is 5.95. The Kier molecular flexibility index (Phi) is 8.92. The van der Waals surface area contributed by atoms with Crippen LogP contribution in [0.1, 0.15) is 63.7 Å². The van der Waals surface area contributed by atoms with Crippen molar-refractivity contribution in [1.29, 1.82) is 0 Å². The van der Waals surface area contributed by atoms with Gasteiger partial charge in [0.05, 0.1) is 15.6 Å². The smallest absolute Gasteiger partial charge is 0.318 e. The maximum atomic E-state index is 14.1. The average Bonchev–Trinajstić information content (AvgIpc) is 3.55. The number of urea groups is 1. The molecule has 2 aliphatic rings. The van der Waals surface area contributed by atoms with E-state index in [0.717, 1.165) is 39.0 Å². The molecular weight excluding hydrogens is 528 g/mol. The largest absolute Gasteiger partial charge is 0.482 e. The molecule has 2 fully saturated rings. The minimum atomic E-state index is -0.776. The van der Waals surface area contributed by atoms with Gasteiger partial charge >= 0.3 is 6.03 Å². The Morgan fingerprint density at radius 3 is 2.76 bits per heavy atom. The number of nitrogens with one attached hydrogen (secondary N) is 1. The lowest BCUT2D eigenvalue weighted by molar-refractivity contribution is 0.170. The van der Waals surface area contributed by atoms with E-state index in [9.17, 15) is 9.18 Å². The second-order valence-corrected chi connectivity index (χ2v) is 11.2. The fourth-order valence-electron chi connectivity index (χ4n) is 4.88. The first-order chi connectivity index (χ1) is 18.0. The lowest BCUT2D eigenvalue weighted by Gasteiger charge is -2.31. The van der Waals surface area contributed by atoms with Gasteiger partial charge in [0.15, 0.2) is 17.4 Å².